The normalized spacial score (nSPS) is 45.9. The number of hydrogen-bond acceptors (Lipinski definition) is 4. The molecule has 0 amide bonds. The van der Waals surface area contributed by atoms with Gasteiger partial charge >= 0.3 is 0 Å². The summed E-state index contributed by atoms with van der Waals surface area (Å²) in [6.07, 6.45) is 9.25. The van der Waals surface area contributed by atoms with Crippen LogP contribution in [0.1, 0.15) is 85.5 Å². The zero-order chi connectivity index (χ0) is 20.2. The maximum Gasteiger partial charge on any atom is 0.168 e. The van der Waals surface area contributed by atoms with Crippen LogP contribution < -0.4 is 0 Å². The molecule has 4 nitrogen and oxygen atoms in total. The van der Waals surface area contributed by atoms with E-state index in [2.05, 4.69) is 20.8 Å². The third-order valence-electron chi connectivity index (χ3n) is 9.40. The average Bonchev–Trinajstić information content (AvgIpc) is 3.19. The average molecular weight is 395 g/mol. The van der Waals surface area contributed by atoms with Crippen molar-refractivity contribution >= 4 is 0 Å². The lowest BCUT2D eigenvalue weighted by Gasteiger charge is -2.49. The lowest BCUT2D eigenvalue weighted by atomic mass is 9.58. The van der Waals surface area contributed by atoms with Crippen molar-refractivity contribution in [2.24, 2.45) is 34.5 Å². The predicted molar refractivity (Wildman–Crippen MR) is 110 cm³/mol. The molecule has 0 bridgehead atoms. The third-order valence-corrected chi connectivity index (χ3v) is 9.40. The highest BCUT2D eigenvalue weighted by molar-refractivity contribution is 5.04. The molecule has 3 saturated carbocycles. The first kappa shape index (κ1) is 21.1. The summed E-state index contributed by atoms with van der Waals surface area (Å²) in [7, 11) is 0. The van der Waals surface area contributed by atoms with Crippen LogP contribution in [0.25, 0.3) is 0 Å². The minimum absolute atomic E-state index is 0.0947. The van der Waals surface area contributed by atoms with Gasteiger partial charge in [-0.25, -0.2) is 0 Å². The van der Waals surface area contributed by atoms with Gasteiger partial charge in [-0.15, -0.1) is 0 Å². The topological polar surface area (TPSA) is 58.9 Å². The Morgan fingerprint density at radius 1 is 1.00 bits per heavy atom. The molecular weight excluding hydrogens is 352 g/mol. The van der Waals surface area contributed by atoms with Crippen molar-refractivity contribution in [2.75, 3.05) is 13.2 Å². The fourth-order valence-electron chi connectivity index (χ4n) is 7.72. The molecule has 1 spiro atoms. The molecule has 4 fully saturated rings. The van der Waals surface area contributed by atoms with Crippen molar-refractivity contribution in [1.29, 1.82) is 0 Å². The predicted octanol–water partition coefficient (Wildman–Crippen LogP) is 4.52. The fraction of sp³-hybridized carbons (Fsp3) is 1.00. The van der Waals surface area contributed by atoms with E-state index in [1.165, 1.54) is 19.3 Å². The van der Waals surface area contributed by atoms with E-state index in [1.54, 1.807) is 0 Å². The Balaban J connectivity index is 1.44. The molecule has 4 rings (SSSR count). The zero-order valence-corrected chi connectivity index (χ0v) is 18.5. The molecule has 0 radical (unpaired) electrons. The van der Waals surface area contributed by atoms with Gasteiger partial charge in [0.25, 0.3) is 0 Å². The Kier molecular flexibility index (Phi) is 5.66. The minimum atomic E-state index is -0.314. The maximum absolute atomic E-state index is 10.7. The van der Waals surface area contributed by atoms with Crippen molar-refractivity contribution in [3.8, 4) is 0 Å². The largest absolute Gasteiger partial charge is 0.393 e. The number of aliphatic hydroxyl groups is 2. The monoisotopic (exact) mass is 394 g/mol. The smallest absolute Gasteiger partial charge is 0.168 e. The number of aliphatic hydroxyl groups excluding tert-OH is 2. The van der Waals surface area contributed by atoms with Gasteiger partial charge in [-0.1, -0.05) is 20.8 Å². The van der Waals surface area contributed by atoms with Crippen LogP contribution in [0.3, 0.4) is 0 Å². The van der Waals surface area contributed by atoms with Gasteiger partial charge < -0.3 is 19.7 Å². The number of fused-ring (bicyclic) bond motifs is 1. The summed E-state index contributed by atoms with van der Waals surface area (Å²) in [5.41, 5.74) is 0.423. The minimum Gasteiger partial charge on any atom is -0.393 e. The first-order chi connectivity index (χ1) is 13.2. The molecule has 28 heavy (non-hydrogen) atoms. The van der Waals surface area contributed by atoms with Crippen LogP contribution >= 0.6 is 0 Å². The molecule has 1 heterocycles. The molecule has 0 aromatic heterocycles. The molecule has 2 N–H and O–H groups in total. The van der Waals surface area contributed by atoms with Crippen LogP contribution in [0.4, 0.5) is 0 Å². The quantitative estimate of drug-likeness (QED) is 0.736. The highest BCUT2D eigenvalue weighted by Crippen LogP contribution is 2.60. The van der Waals surface area contributed by atoms with Crippen LogP contribution in [-0.2, 0) is 9.47 Å². The first-order valence-corrected chi connectivity index (χ1v) is 11.8. The summed E-state index contributed by atoms with van der Waals surface area (Å²) in [6.45, 7) is 10.6. The lowest BCUT2D eigenvalue weighted by Crippen LogP contribution is -2.46. The van der Waals surface area contributed by atoms with E-state index in [0.29, 0.717) is 29.1 Å². The molecule has 7 atom stereocenters. The molecule has 0 aromatic carbocycles. The SMILES string of the molecule is CC(O)[C@H]1CC[C@H]2[C@H](CCC3CC4(CCC3(C)C)OCCO4)C[C@@H](O)C[C@]12C. The van der Waals surface area contributed by atoms with Crippen LogP contribution in [0.2, 0.25) is 0 Å². The molecule has 1 aliphatic heterocycles. The lowest BCUT2D eigenvalue weighted by molar-refractivity contribution is -0.205. The molecule has 0 aromatic rings. The Morgan fingerprint density at radius 2 is 1.71 bits per heavy atom. The summed E-state index contributed by atoms with van der Waals surface area (Å²) < 4.78 is 12.1. The van der Waals surface area contributed by atoms with E-state index in [1.807, 2.05) is 6.92 Å². The summed E-state index contributed by atoms with van der Waals surface area (Å²) in [6, 6.07) is 0. The highest BCUT2D eigenvalue weighted by Gasteiger charge is 2.55. The first-order valence-electron chi connectivity index (χ1n) is 11.8. The Morgan fingerprint density at radius 3 is 2.39 bits per heavy atom. The van der Waals surface area contributed by atoms with E-state index < -0.39 is 0 Å². The van der Waals surface area contributed by atoms with Crippen LogP contribution in [0.5, 0.6) is 0 Å². The number of hydrogen-bond donors (Lipinski definition) is 2. The van der Waals surface area contributed by atoms with Gasteiger partial charge in [0.1, 0.15) is 0 Å². The number of rotatable bonds is 4. The van der Waals surface area contributed by atoms with Crippen LogP contribution in [0.15, 0.2) is 0 Å². The Hall–Kier alpha value is -0.160. The van der Waals surface area contributed by atoms with Gasteiger partial charge in [-0.05, 0) is 86.4 Å². The van der Waals surface area contributed by atoms with Crippen molar-refractivity contribution in [1.82, 2.24) is 0 Å². The maximum atomic E-state index is 10.7. The van der Waals surface area contributed by atoms with Gasteiger partial charge in [-0.3, -0.25) is 0 Å². The van der Waals surface area contributed by atoms with Crippen molar-refractivity contribution in [2.45, 2.75) is 103 Å². The third kappa shape index (κ3) is 3.68. The second-order valence-corrected chi connectivity index (χ2v) is 11.5. The van der Waals surface area contributed by atoms with Gasteiger partial charge in [0, 0.05) is 12.8 Å². The van der Waals surface area contributed by atoms with Crippen molar-refractivity contribution in [3.05, 3.63) is 0 Å². The Labute approximate surface area is 171 Å². The molecule has 3 aliphatic carbocycles. The van der Waals surface area contributed by atoms with Crippen LogP contribution in [-0.4, -0.2) is 41.4 Å². The number of ether oxygens (including phenoxy) is 2. The fourth-order valence-corrected chi connectivity index (χ4v) is 7.72. The zero-order valence-electron chi connectivity index (χ0n) is 18.5. The van der Waals surface area contributed by atoms with Gasteiger partial charge in [0.2, 0.25) is 0 Å². The molecule has 4 heteroatoms. The summed E-state index contributed by atoms with van der Waals surface area (Å²) in [5, 5.41) is 21.0. The van der Waals surface area contributed by atoms with E-state index in [9.17, 15) is 10.2 Å². The van der Waals surface area contributed by atoms with Crippen molar-refractivity contribution in [3.63, 3.8) is 0 Å². The summed E-state index contributed by atoms with van der Waals surface area (Å²) >= 11 is 0. The second-order valence-electron chi connectivity index (χ2n) is 11.5. The van der Waals surface area contributed by atoms with E-state index in [-0.39, 0.29) is 23.4 Å². The molecule has 162 valence electrons. The molecule has 2 unspecified atom stereocenters. The molecule has 1 saturated heterocycles. The van der Waals surface area contributed by atoms with E-state index in [4.69, 9.17) is 9.47 Å². The molecular formula is C24H42O4. The summed E-state index contributed by atoms with van der Waals surface area (Å²) in [5.74, 6) is 1.86. The molecule has 4 aliphatic rings. The van der Waals surface area contributed by atoms with Crippen molar-refractivity contribution < 1.29 is 19.7 Å². The van der Waals surface area contributed by atoms with Gasteiger partial charge in [-0.2, -0.15) is 0 Å². The van der Waals surface area contributed by atoms with Gasteiger partial charge in [0.05, 0.1) is 25.4 Å². The van der Waals surface area contributed by atoms with E-state index >= 15 is 0 Å². The standard InChI is InChI=1S/C24H42O4/c1-16(25)20-7-8-21-17(13-19(26)15-23(20,21)4)5-6-18-14-24(27-11-12-28-24)10-9-22(18,2)3/h16-21,25-26H,5-15H2,1-4H3/t16?,17-,18?,19-,20-,21+,23-/m1/s1. The second kappa shape index (κ2) is 7.51. The van der Waals surface area contributed by atoms with Gasteiger partial charge in [0.15, 0.2) is 5.79 Å². The summed E-state index contributed by atoms with van der Waals surface area (Å²) in [4.78, 5) is 0. The highest BCUT2D eigenvalue weighted by atomic mass is 16.7. The van der Waals surface area contributed by atoms with E-state index in [0.717, 1.165) is 51.7 Å². The Bertz CT molecular complexity index is 553. The van der Waals surface area contributed by atoms with Crippen LogP contribution in [0, 0.1) is 34.5 Å².